The van der Waals surface area contributed by atoms with E-state index in [0.717, 1.165) is 0 Å². The maximum absolute atomic E-state index is 6.05. The molecule has 0 aliphatic heterocycles. The van der Waals surface area contributed by atoms with Gasteiger partial charge in [-0.2, -0.15) is 4.98 Å². The molecule has 4 nitrogen and oxygen atoms in total. The molecule has 1 aliphatic carbocycles. The Balaban J connectivity index is 1.73. The highest BCUT2D eigenvalue weighted by Crippen LogP contribution is 2.38. The Morgan fingerprint density at radius 1 is 1.44 bits per heavy atom. The summed E-state index contributed by atoms with van der Waals surface area (Å²) in [5.41, 5.74) is 8.47. The van der Waals surface area contributed by atoms with E-state index in [0.29, 0.717) is 24.1 Å². The number of aromatic nitrogens is 2. The summed E-state index contributed by atoms with van der Waals surface area (Å²) in [4.78, 5) is 4.39. The minimum absolute atomic E-state index is 0.0555. The topological polar surface area (TPSA) is 64.9 Å². The average molecular weight is 243 g/mol. The van der Waals surface area contributed by atoms with Crippen LogP contribution < -0.4 is 5.73 Å². The van der Waals surface area contributed by atoms with Crippen molar-refractivity contribution in [1.82, 2.24) is 10.1 Å². The highest BCUT2D eigenvalue weighted by molar-refractivity contribution is 5.24. The molecular weight excluding hydrogens is 226 g/mol. The second-order valence-electron chi connectivity index (χ2n) is 5.08. The molecule has 0 spiro atoms. The van der Waals surface area contributed by atoms with Crippen molar-refractivity contribution in [2.24, 2.45) is 11.7 Å². The Morgan fingerprint density at radius 3 is 3.00 bits per heavy atom. The third-order valence-corrected chi connectivity index (χ3v) is 3.35. The first kappa shape index (κ1) is 11.4. The van der Waals surface area contributed by atoms with Crippen LogP contribution in [-0.2, 0) is 6.42 Å². The lowest BCUT2D eigenvalue weighted by Crippen LogP contribution is -2.14. The summed E-state index contributed by atoms with van der Waals surface area (Å²) in [6.07, 6.45) is 3.04. The van der Waals surface area contributed by atoms with Gasteiger partial charge in [0.15, 0.2) is 5.82 Å². The molecule has 1 saturated carbocycles. The predicted octanol–water partition coefficient (Wildman–Crippen LogP) is 2.38. The fourth-order valence-corrected chi connectivity index (χ4v) is 2.14. The Bertz CT molecular complexity index is 545. The van der Waals surface area contributed by atoms with Crippen LogP contribution in [0.1, 0.15) is 41.7 Å². The Labute approximate surface area is 106 Å². The minimum Gasteiger partial charge on any atom is -0.339 e. The zero-order valence-electron chi connectivity index (χ0n) is 10.5. The molecule has 2 N–H and O–H groups in total. The fourth-order valence-electron chi connectivity index (χ4n) is 2.14. The molecule has 1 aromatic carbocycles. The highest BCUT2D eigenvalue weighted by Gasteiger charge is 2.32. The highest BCUT2D eigenvalue weighted by atomic mass is 16.5. The summed E-state index contributed by atoms with van der Waals surface area (Å²) >= 11 is 0. The lowest BCUT2D eigenvalue weighted by atomic mass is 10.1. The lowest BCUT2D eigenvalue weighted by molar-refractivity contribution is 0.373. The van der Waals surface area contributed by atoms with Crippen LogP contribution in [0.2, 0.25) is 0 Å². The molecule has 0 bridgehead atoms. The predicted molar refractivity (Wildman–Crippen MR) is 67.9 cm³/mol. The Kier molecular flexibility index (Phi) is 2.88. The van der Waals surface area contributed by atoms with Crippen molar-refractivity contribution in [3.05, 3.63) is 47.1 Å². The molecule has 2 aromatic rings. The average Bonchev–Trinajstić information content (AvgIpc) is 3.09. The summed E-state index contributed by atoms with van der Waals surface area (Å²) < 4.78 is 5.27. The van der Waals surface area contributed by atoms with Crippen LogP contribution in [-0.4, -0.2) is 10.1 Å². The number of hydrogen-bond donors (Lipinski definition) is 1. The zero-order valence-corrected chi connectivity index (χ0v) is 10.5. The SMILES string of the molecule is Cc1cccc(Cc2nc(C(N)C3CC3)no2)c1. The number of benzene rings is 1. The molecule has 0 saturated heterocycles. The third kappa shape index (κ3) is 2.43. The van der Waals surface area contributed by atoms with E-state index < -0.39 is 0 Å². The number of aryl methyl sites for hydroxylation is 1. The Hall–Kier alpha value is -1.68. The van der Waals surface area contributed by atoms with Crippen LogP contribution in [0.5, 0.6) is 0 Å². The van der Waals surface area contributed by atoms with Crippen LogP contribution in [0.25, 0.3) is 0 Å². The van der Waals surface area contributed by atoms with Crippen molar-refractivity contribution < 1.29 is 4.52 Å². The molecule has 1 atom stereocenters. The smallest absolute Gasteiger partial charge is 0.231 e. The molecule has 1 aliphatic rings. The van der Waals surface area contributed by atoms with Crippen LogP contribution >= 0.6 is 0 Å². The van der Waals surface area contributed by atoms with E-state index >= 15 is 0 Å². The van der Waals surface area contributed by atoms with Gasteiger partial charge in [0.25, 0.3) is 0 Å². The molecule has 1 unspecified atom stereocenters. The number of hydrogen-bond acceptors (Lipinski definition) is 4. The molecule has 1 heterocycles. The molecule has 3 rings (SSSR count). The van der Waals surface area contributed by atoms with Crippen molar-refractivity contribution in [1.29, 1.82) is 0 Å². The van der Waals surface area contributed by atoms with Gasteiger partial charge in [-0.15, -0.1) is 0 Å². The van der Waals surface area contributed by atoms with E-state index in [4.69, 9.17) is 10.3 Å². The van der Waals surface area contributed by atoms with Gasteiger partial charge in [-0.3, -0.25) is 0 Å². The number of nitrogens with zero attached hydrogens (tertiary/aromatic N) is 2. The molecule has 94 valence electrons. The number of nitrogens with two attached hydrogens (primary N) is 1. The molecule has 0 amide bonds. The van der Waals surface area contributed by atoms with Gasteiger partial charge in [-0.05, 0) is 31.2 Å². The lowest BCUT2D eigenvalue weighted by Gasteiger charge is -2.02. The van der Waals surface area contributed by atoms with Crippen molar-refractivity contribution >= 4 is 0 Å². The first-order chi connectivity index (χ1) is 8.72. The van der Waals surface area contributed by atoms with Gasteiger partial charge in [0.1, 0.15) is 0 Å². The summed E-state index contributed by atoms with van der Waals surface area (Å²) in [5, 5.41) is 3.98. The van der Waals surface area contributed by atoms with E-state index in [-0.39, 0.29) is 6.04 Å². The first-order valence-electron chi connectivity index (χ1n) is 6.36. The third-order valence-electron chi connectivity index (χ3n) is 3.35. The van der Waals surface area contributed by atoms with Gasteiger partial charge in [-0.1, -0.05) is 35.0 Å². The van der Waals surface area contributed by atoms with Crippen molar-refractivity contribution in [3.8, 4) is 0 Å². The maximum Gasteiger partial charge on any atom is 0.231 e. The molecule has 1 fully saturated rings. The summed E-state index contributed by atoms with van der Waals surface area (Å²) in [6.45, 7) is 2.08. The second kappa shape index (κ2) is 4.53. The summed E-state index contributed by atoms with van der Waals surface area (Å²) in [7, 11) is 0. The molecule has 0 radical (unpaired) electrons. The summed E-state index contributed by atoms with van der Waals surface area (Å²) in [5.74, 6) is 1.85. The van der Waals surface area contributed by atoms with Crippen LogP contribution in [0.15, 0.2) is 28.8 Å². The first-order valence-corrected chi connectivity index (χ1v) is 6.36. The monoisotopic (exact) mass is 243 g/mol. The van der Waals surface area contributed by atoms with Crippen LogP contribution in [0.3, 0.4) is 0 Å². The van der Waals surface area contributed by atoms with Crippen molar-refractivity contribution in [2.45, 2.75) is 32.2 Å². The van der Waals surface area contributed by atoms with Gasteiger partial charge in [0.2, 0.25) is 5.89 Å². The van der Waals surface area contributed by atoms with Crippen LogP contribution in [0.4, 0.5) is 0 Å². The minimum atomic E-state index is -0.0555. The van der Waals surface area contributed by atoms with E-state index in [2.05, 4.69) is 35.3 Å². The van der Waals surface area contributed by atoms with Crippen molar-refractivity contribution in [2.75, 3.05) is 0 Å². The zero-order chi connectivity index (χ0) is 12.5. The number of rotatable bonds is 4. The van der Waals surface area contributed by atoms with Gasteiger partial charge in [0, 0.05) is 0 Å². The van der Waals surface area contributed by atoms with E-state index in [1.807, 2.05) is 6.07 Å². The molecule has 18 heavy (non-hydrogen) atoms. The van der Waals surface area contributed by atoms with E-state index in [1.165, 1.54) is 24.0 Å². The van der Waals surface area contributed by atoms with Gasteiger partial charge in [-0.25, -0.2) is 0 Å². The largest absolute Gasteiger partial charge is 0.339 e. The molecular formula is C14H17N3O. The van der Waals surface area contributed by atoms with Gasteiger partial charge < -0.3 is 10.3 Å². The van der Waals surface area contributed by atoms with Crippen LogP contribution in [0, 0.1) is 12.8 Å². The van der Waals surface area contributed by atoms with Gasteiger partial charge >= 0.3 is 0 Å². The summed E-state index contributed by atoms with van der Waals surface area (Å²) in [6, 6.07) is 8.26. The van der Waals surface area contributed by atoms with E-state index in [1.54, 1.807) is 0 Å². The normalized spacial score (nSPS) is 16.8. The van der Waals surface area contributed by atoms with E-state index in [9.17, 15) is 0 Å². The molecule has 1 aromatic heterocycles. The quantitative estimate of drug-likeness (QED) is 0.895. The maximum atomic E-state index is 6.05. The van der Waals surface area contributed by atoms with Crippen molar-refractivity contribution in [3.63, 3.8) is 0 Å². The molecule has 4 heteroatoms. The Morgan fingerprint density at radius 2 is 2.28 bits per heavy atom. The van der Waals surface area contributed by atoms with Gasteiger partial charge in [0.05, 0.1) is 12.5 Å². The standard InChI is InChI=1S/C14H17N3O/c1-9-3-2-4-10(7-9)8-12-16-14(17-18-12)13(15)11-5-6-11/h2-4,7,11,13H,5-6,8,15H2,1H3. The second-order valence-corrected chi connectivity index (χ2v) is 5.08. The fraction of sp³-hybridized carbons (Fsp3) is 0.429.